The molecular weight excluding hydrogens is 457 g/mol. The van der Waals surface area contributed by atoms with E-state index in [0.29, 0.717) is 5.75 Å². The van der Waals surface area contributed by atoms with Gasteiger partial charge in [-0.25, -0.2) is 0 Å². The van der Waals surface area contributed by atoms with Crippen molar-refractivity contribution in [3.63, 3.8) is 0 Å². The summed E-state index contributed by atoms with van der Waals surface area (Å²) in [5.41, 5.74) is 2.72. The van der Waals surface area contributed by atoms with Crippen molar-refractivity contribution in [1.29, 1.82) is 0 Å². The minimum absolute atomic E-state index is 0.0927. The minimum Gasteiger partial charge on any atom is -0.357 e. The van der Waals surface area contributed by atoms with Crippen LogP contribution >= 0.6 is 56.9 Å². The van der Waals surface area contributed by atoms with Gasteiger partial charge in [-0.2, -0.15) is 0 Å². The van der Waals surface area contributed by atoms with Crippen LogP contribution in [-0.4, -0.2) is 34.0 Å². The van der Waals surface area contributed by atoms with E-state index in [1.54, 1.807) is 20.7 Å². The average molecular weight is 481 g/mol. The zero-order chi connectivity index (χ0) is 20.8. The van der Waals surface area contributed by atoms with Gasteiger partial charge in [0.2, 0.25) is 5.91 Å². The second-order valence-corrected chi connectivity index (χ2v) is 12.6. The number of carbonyl (C=O) groups is 1. The molecule has 1 fully saturated rings. The van der Waals surface area contributed by atoms with E-state index in [1.807, 2.05) is 23.1 Å². The van der Waals surface area contributed by atoms with Crippen LogP contribution in [0.1, 0.15) is 38.5 Å². The van der Waals surface area contributed by atoms with Crippen molar-refractivity contribution in [2.45, 2.75) is 39.2 Å². The largest absolute Gasteiger partial charge is 0.357 e. The number of carbonyl (C=O) groups excluding carboxylic acids is 1. The van der Waals surface area contributed by atoms with Crippen molar-refractivity contribution in [1.82, 2.24) is 4.90 Å². The Labute approximate surface area is 194 Å². The highest BCUT2D eigenvalue weighted by Gasteiger charge is 2.42. The number of para-hydroxylation sites is 1. The summed E-state index contributed by atoms with van der Waals surface area (Å²) in [6.07, 6.45) is 2.35. The fourth-order valence-corrected chi connectivity index (χ4v) is 8.48. The Kier molecular flexibility index (Phi) is 6.19. The van der Waals surface area contributed by atoms with E-state index in [-0.39, 0.29) is 5.91 Å². The highest BCUT2D eigenvalue weighted by Crippen LogP contribution is 2.52. The second kappa shape index (κ2) is 8.38. The molecule has 0 atom stereocenters. The first kappa shape index (κ1) is 21.4. The van der Waals surface area contributed by atoms with Crippen LogP contribution in [0.4, 0.5) is 5.69 Å². The monoisotopic (exact) mass is 480 g/mol. The number of likely N-dealkylation sites (tertiary alicyclic amines) is 1. The van der Waals surface area contributed by atoms with Gasteiger partial charge in [0.15, 0.2) is 0 Å². The third kappa shape index (κ3) is 3.94. The molecule has 2 aromatic rings. The fraction of sp³-hybridized carbons (Fsp3) is 0.476. The molecule has 0 radical (unpaired) electrons. The summed E-state index contributed by atoms with van der Waals surface area (Å²) in [6.45, 7) is 8.53. The molecule has 1 aromatic carbocycles. The Morgan fingerprint density at radius 2 is 1.93 bits per heavy atom. The number of fused-ring (bicyclic) bond motifs is 3. The Hall–Kier alpha value is -0.800. The number of thioether (sulfide) groups is 1. The SMILES string of the molecule is CC1CCN(C(=S)SCC(=O)N2c3ccccc3-c3c(ssc3=S)C2(C)C)CC1. The van der Waals surface area contributed by atoms with Crippen LogP contribution < -0.4 is 4.90 Å². The lowest BCUT2D eigenvalue weighted by atomic mass is 9.87. The summed E-state index contributed by atoms with van der Waals surface area (Å²) >= 11 is 12.8. The highest BCUT2D eigenvalue weighted by atomic mass is 32.9. The number of hydrogen-bond acceptors (Lipinski definition) is 6. The maximum absolute atomic E-state index is 13.4. The van der Waals surface area contributed by atoms with E-state index >= 15 is 0 Å². The summed E-state index contributed by atoms with van der Waals surface area (Å²) in [5.74, 6) is 1.21. The zero-order valence-electron chi connectivity index (χ0n) is 16.8. The second-order valence-electron chi connectivity index (χ2n) is 8.19. The average Bonchev–Trinajstić information content (AvgIpc) is 3.09. The predicted molar refractivity (Wildman–Crippen MR) is 134 cm³/mol. The number of nitrogens with zero attached hydrogens (tertiary/aromatic N) is 2. The predicted octanol–water partition coefficient (Wildman–Crippen LogP) is 6.54. The van der Waals surface area contributed by atoms with E-state index in [2.05, 4.69) is 31.7 Å². The molecule has 0 N–H and O–H groups in total. The van der Waals surface area contributed by atoms with Gasteiger partial charge in [-0.05, 0) is 38.7 Å². The molecule has 1 aromatic heterocycles. The van der Waals surface area contributed by atoms with Crippen molar-refractivity contribution in [3.8, 4) is 11.1 Å². The summed E-state index contributed by atoms with van der Waals surface area (Å²) in [6, 6.07) is 8.11. The lowest BCUT2D eigenvalue weighted by Crippen LogP contribution is -2.48. The van der Waals surface area contributed by atoms with Gasteiger partial charge >= 0.3 is 0 Å². The third-order valence-electron chi connectivity index (χ3n) is 5.77. The molecule has 4 rings (SSSR count). The molecule has 2 aliphatic heterocycles. The maximum Gasteiger partial charge on any atom is 0.238 e. The van der Waals surface area contributed by atoms with E-state index < -0.39 is 5.54 Å². The lowest BCUT2D eigenvalue weighted by Gasteiger charge is -2.43. The fourth-order valence-electron chi connectivity index (χ4n) is 4.09. The minimum atomic E-state index is -0.429. The van der Waals surface area contributed by atoms with Crippen LogP contribution in [0.15, 0.2) is 24.3 Å². The van der Waals surface area contributed by atoms with Crippen LogP contribution in [0, 0.1) is 9.74 Å². The molecule has 8 heteroatoms. The highest BCUT2D eigenvalue weighted by molar-refractivity contribution is 8.23. The molecule has 0 bridgehead atoms. The molecule has 3 nitrogen and oxygen atoms in total. The molecule has 2 aliphatic rings. The number of amides is 1. The van der Waals surface area contributed by atoms with Crippen LogP contribution in [0.2, 0.25) is 0 Å². The van der Waals surface area contributed by atoms with Gasteiger partial charge in [0.1, 0.15) is 8.14 Å². The molecule has 0 saturated carbocycles. The lowest BCUT2D eigenvalue weighted by molar-refractivity contribution is -0.117. The number of thiocarbonyl (C=S) groups is 1. The first-order chi connectivity index (χ1) is 13.8. The smallest absolute Gasteiger partial charge is 0.238 e. The topological polar surface area (TPSA) is 23.6 Å². The van der Waals surface area contributed by atoms with Gasteiger partial charge in [0, 0.05) is 24.2 Å². The van der Waals surface area contributed by atoms with Crippen LogP contribution in [0.5, 0.6) is 0 Å². The van der Waals surface area contributed by atoms with Gasteiger partial charge in [-0.1, -0.05) is 82.0 Å². The van der Waals surface area contributed by atoms with Crippen molar-refractivity contribution >= 4 is 72.8 Å². The van der Waals surface area contributed by atoms with E-state index in [0.717, 1.165) is 44.0 Å². The maximum atomic E-state index is 13.4. The van der Waals surface area contributed by atoms with Gasteiger partial charge in [0.25, 0.3) is 0 Å². The van der Waals surface area contributed by atoms with Gasteiger partial charge in [0.05, 0.1) is 21.9 Å². The molecule has 0 spiro atoms. The third-order valence-corrected chi connectivity index (χ3v) is 10.6. The Bertz CT molecular complexity index is 1000. The molecule has 3 heterocycles. The Morgan fingerprint density at radius 1 is 1.24 bits per heavy atom. The molecule has 0 aliphatic carbocycles. The van der Waals surface area contributed by atoms with E-state index in [4.69, 9.17) is 24.4 Å². The number of piperidine rings is 1. The van der Waals surface area contributed by atoms with E-state index in [1.165, 1.54) is 29.5 Å². The molecular formula is C21H24N2OS5. The molecule has 29 heavy (non-hydrogen) atoms. The molecule has 1 saturated heterocycles. The number of rotatable bonds is 2. The number of hydrogen-bond donors (Lipinski definition) is 0. The van der Waals surface area contributed by atoms with Crippen molar-refractivity contribution < 1.29 is 4.79 Å². The Morgan fingerprint density at radius 3 is 2.66 bits per heavy atom. The number of anilines is 1. The summed E-state index contributed by atoms with van der Waals surface area (Å²) in [7, 11) is 3.32. The Balaban J connectivity index is 1.57. The van der Waals surface area contributed by atoms with Crippen LogP contribution in [-0.2, 0) is 10.3 Å². The summed E-state index contributed by atoms with van der Waals surface area (Å²) in [4.78, 5) is 18.8. The van der Waals surface area contributed by atoms with Crippen molar-refractivity contribution in [2.24, 2.45) is 5.92 Å². The van der Waals surface area contributed by atoms with Crippen LogP contribution in [0.3, 0.4) is 0 Å². The standard InChI is InChI=1S/C21H24N2OS5/c1-13-8-10-22(11-9-13)20(26)27-12-16(24)23-15-7-5-4-6-14(15)17-18(21(23,2)3)28-29-19(17)25/h4-7,13H,8-12H2,1-3H3. The normalized spacial score (nSPS) is 18.3. The molecule has 154 valence electrons. The number of benzene rings is 1. The molecule has 1 amide bonds. The zero-order valence-corrected chi connectivity index (χ0v) is 20.8. The van der Waals surface area contributed by atoms with Crippen LogP contribution in [0.25, 0.3) is 11.1 Å². The van der Waals surface area contributed by atoms with Gasteiger partial charge in [-0.15, -0.1) is 0 Å². The first-order valence-electron chi connectivity index (χ1n) is 9.78. The summed E-state index contributed by atoms with van der Waals surface area (Å²) in [5, 5.41) is 0. The van der Waals surface area contributed by atoms with E-state index in [9.17, 15) is 4.79 Å². The summed E-state index contributed by atoms with van der Waals surface area (Å²) < 4.78 is 1.76. The van der Waals surface area contributed by atoms with Crippen molar-refractivity contribution in [3.05, 3.63) is 33.0 Å². The van der Waals surface area contributed by atoms with Crippen molar-refractivity contribution in [2.75, 3.05) is 23.7 Å². The van der Waals surface area contributed by atoms with Gasteiger partial charge < -0.3 is 9.80 Å². The first-order valence-corrected chi connectivity index (χ1v) is 13.7. The molecule has 0 unspecified atom stereocenters. The van der Waals surface area contributed by atoms with Gasteiger partial charge in [-0.3, -0.25) is 4.79 Å². The quantitative estimate of drug-likeness (QED) is 0.359.